The van der Waals surface area contributed by atoms with Crippen molar-refractivity contribution in [2.45, 2.75) is 39.7 Å². The highest BCUT2D eigenvalue weighted by molar-refractivity contribution is 6.32. The van der Waals surface area contributed by atoms with Gasteiger partial charge in [-0.25, -0.2) is 0 Å². The number of halogens is 1. The van der Waals surface area contributed by atoms with Crippen LogP contribution in [-0.4, -0.2) is 49.1 Å². The second-order valence-corrected chi connectivity index (χ2v) is 6.29. The minimum atomic E-state index is -0.518. The van der Waals surface area contributed by atoms with Gasteiger partial charge in [0.1, 0.15) is 6.04 Å². The van der Waals surface area contributed by atoms with Crippen molar-refractivity contribution in [3.8, 4) is 11.5 Å². The number of nitrogens with zero attached hydrogens (tertiary/aromatic N) is 1. The Labute approximate surface area is 153 Å². The fraction of sp³-hybridized carbons (Fsp3) is 0.556. The van der Waals surface area contributed by atoms with Crippen LogP contribution >= 0.6 is 11.6 Å². The summed E-state index contributed by atoms with van der Waals surface area (Å²) in [6.45, 7) is 7.51. The molecule has 2 amide bonds. The Kier molecular flexibility index (Phi) is 6.93. The number of carbonyl (C=O) groups is 2. The van der Waals surface area contributed by atoms with Crippen LogP contribution in [0.15, 0.2) is 12.1 Å². The number of piperazine rings is 1. The predicted octanol–water partition coefficient (Wildman–Crippen LogP) is 2.88. The number of carbonyl (C=O) groups excluding carboxylic acids is 2. The molecular formula is C18H25ClN2O4. The third kappa shape index (κ3) is 4.57. The Bertz CT molecular complexity index is 636. The monoisotopic (exact) mass is 368 g/mol. The number of amides is 2. The van der Waals surface area contributed by atoms with Crippen LogP contribution in [0.4, 0.5) is 0 Å². The van der Waals surface area contributed by atoms with E-state index in [0.29, 0.717) is 48.4 Å². The zero-order valence-corrected chi connectivity index (χ0v) is 15.7. The van der Waals surface area contributed by atoms with Crippen LogP contribution < -0.4 is 14.8 Å². The van der Waals surface area contributed by atoms with Gasteiger partial charge in [-0.15, -0.1) is 0 Å². The van der Waals surface area contributed by atoms with Crippen molar-refractivity contribution in [2.24, 2.45) is 0 Å². The van der Waals surface area contributed by atoms with Gasteiger partial charge < -0.3 is 19.7 Å². The molecule has 0 spiro atoms. The highest BCUT2D eigenvalue weighted by Crippen LogP contribution is 2.37. The molecule has 0 saturated carbocycles. The van der Waals surface area contributed by atoms with E-state index in [1.54, 1.807) is 19.1 Å². The van der Waals surface area contributed by atoms with Gasteiger partial charge in [0.2, 0.25) is 5.91 Å². The maximum atomic E-state index is 12.8. The van der Waals surface area contributed by atoms with E-state index in [9.17, 15) is 9.59 Å². The Balaban J connectivity index is 2.28. The van der Waals surface area contributed by atoms with E-state index in [-0.39, 0.29) is 11.8 Å². The largest absolute Gasteiger partial charge is 0.490 e. The quantitative estimate of drug-likeness (QED) is 0.751. The van der Waals surface area contributed by atoms with Crippen LogP contribution in [0.5, 0.6) is 11.5 Å². The molecule has 25 heavy (non-hydrogen) atoms. The Morgan fingerprint density at radius 1 is 1.36 bits per heavy atom. The highest BCUT2D eigenvalue weighted by atomic mass is 35.5. The maximum Gasteiger partial charge on any atom is 0.254 e. The summed E-state index contributed by atoms with van der Waals surface area (Å²) in [5.74, 6) is 0.502. The molecule has 1 aliphatic heterocycles. The van der Waals surface area contributed by atoms with Gasteiger partial charge in [0.05, 0.1) is 18.2 Å². The first-order valence-corrected chi connectivity index (χ1v) is 9.05. The first-order valence-electron chi connectivity index (χ1n) is 8.67. The molecule has 1 N–H and O–H groups in total. The van der Waals surface area contributed by atoms with Crippen LogP contribution in [-0.2, 0) is 4.79 Å². The van der Waals surface area contributed by atoms with Crippen molar-refractivity contribution >= 4 is 23.4 Å². The van der Waals surface area contributed by atoms with Crippen LogP contribution in [0.1, 0.15) is 44.0 Å². The maximum absolute atomic E-state index is 12.8. The lowest BCUT2D eigenvalue weighted by Crippen LogP contribution is -2.55. The standard InChI is InChI=1S/C18H25ClN2O4/c1-4-6-9-25-16-14(19)10-13(11-15(16)24-5-2)18(23)21-8-7-20-17(22)12(21)3/h10-12H,4-9H2,1-3H3,(H,20,22). The van der Waals surface area contributed by atoms with Crippen molar-refractivity contribution in [2.75, 3.05) is 26.3 Å². The van der Waals surface area contributed by atoms with Gasteiger partial charge in [0.25, 0.3) is 5.91 Å². The lowest BCUT2D eigenvalue weighted by molar-refractivity contribution is -0.127. The molecule has 0 aliphatic carbocycles. The van der Waals surface area contributed by atoms with E-state index >= 15 is 0 Å². The molecule has 1 saturated heterocycles. The highest BCUT2D eigenvalue weighted by Gasteiger charge is 2.30. The van der Waals surface area contributed by atoms with Gasteiger partial charge >= 0.3 is 0 Å². The Morgan fingerprint density at radius 3 is 2.80 bits per heavy atom. The number of ether oxygens (including phenoxy) is 2. The van der Waals surface area contributed by atoms with Crippen molar-refractivity contribution < 1.29 is 19.1 Å². The molecule has 1 atom stereocenters. The number of benzene rings is 1. The molecule has 0 aromatic heterocycles. The summed E-state index contributed by atoms with van der Waals surface area (Å²) in [6.07, 6.45) is 1.91. The molecule has 1 unspecified atom stereocenters. The van der Waals surface area contributed by atoms with E-state index in [1.807, 2.05) is 6.92 Å². The smallest absolute Gasteiger partial charge is 0.254 e. The van der Waals surface area contributed by atoms with Crippen molar-refractivity contribution in [3.05, 3.63) is 22.7 Å². The summed E-state index contributed by atoms with van der Waals surface area (Å²) in [5.41, 5.74) is 0.387. The Morgan fingerprint density at radius 2 is 2.12 bits per heavy atom. The van der Waals surface area contributed by atoms with Crippen molar-refractivity contribution in [3.63, 3.8) is 0 Å². The number of unbranched alkanes of at least 4 members (excludes halogenated alkanes) is 1. The molecule has 2 rings (SSSR count). The van der Waals surface area contributed by atoms with Crippen LogP contribution in [0.2, 0.25) is 5.02 Å². The van der Waals surface area contributed by atoms with Gasteiger partial charge in [0, 0.05) is 18.7 Å². The lowest BCUT2D eigenvalue weighted by atomic mass is 10.1. The third-order valence-electron chi connectivity index (χ3n) is 4.06. The zero-order valence-electron chi connectivity index (χ0n) is 14.9. The van der Waals surface area contributed by atoms with Crippen molar-refractivity contribution in [1.82, 2.24) is 10.2 Å². The normalized spacial score (nSPS) is 17.2. The molecule has 1 aliphatic rings. The molecule has 6 nitrogen and oxygen atoms in total. The fourth-order valence-electron chi connectivity index (χ4n) is 2.64. The molecule has 138 valence electrons. The molecule has 1 heterocycles. The van der Waals surface area contributed by atoms with Gasteiger partial charge in [-0.05, 0) is 32.4 Å². The molecule has 7 heteroatoms. The topological polar surface area (TPSA) is 67.9 Å². The van der Waals surface area contributed by atoms with E-state index in [0.717, 1.165) is 12.8 Å². The third-order valence-corrected chi connectivity index (χ3v) is 4.34. The SMILES string of the molecule is CCCCOc1c(Cl)cc(C(=O)N2CCNC(=O)C2C)cc1OCC. The number of rotatable bonds is 7. The summed E-state index contributed by atoms with van der Waals surface area (Å²) in [4.78, 5) is 26.2. The summed E-state index contributed by atoms with van der Waals surface area (Å²) in [7, 11) is 0. The minimum Gasteiger partial charge on any atom is -0.490 e. The fourth-order valence-corrected chi connectivity index (χ4v) is 2.90. The zero-order chi connectivity index (χ0) is 18.4. The summed E-state index contributed by atoms with van der Waals surface area (Å²) >= 11 is 6.34. The second kappa shape index (κ2) is 8.94. The first kappa shape index (κ1) is 19.4. The first-order chi connectivity index (χ1) is 12.0. The van der Waals surface area contributed by atoms with E-state index in [1.165, 1.54) is 4.90 Å². The van der Waals surface area contributed by atoms with Gasteiger partial charge in [-0.2, -0.15) is 0 Å². The van der Waals surface area contributed by atoms with Gasteiger partial charge in [-0.1, -0.05) is 24.9 Å². The van der Waals surface area contributed by atoms with Gasteiger partial charge in [-0.3, -0.25) is 9.59 Å². The average Bonchev–Trinajstić information content (AvgIpc) is 2.59. The Hall–Kier alpha value is -1.95. The molecular weight excluding hydrogens is 344 g/mol. The molecule has 0 bridgehead atoms. The van der Waals surface area contributed by atoms with Crippen molar-refractivity contribution in [1.29, 1.82) is 0 Å². The predicted molar refractivity (Wildman–Crippen MR) is 96.5 cm³/mol. The van der Waals surface area contributed by atoms with Crippen LogP contribution in [0.3, 0.4) is 0 Å². The molecule has 0 radical (unpaired) electrons. The van der Waals surface area contributed by atoms with Crippen LogP contribution in [0.25, 0.3) is 0 Å². The van der Waals surface area contributed by atoms with E-state index in [4.69, 9.17) is 21.1 Å². The molecule has 1 aromatic carbocycles. The number of hydrogen-bond donors (Lipinski definition) is 1. The minimum absolute atomic E-state index is 0.157. The average molecular weight is 369 g/mol. The van der Waals surface area contributed by atoms with E-state index < -0.39 is 6.04 Å². The number of hydrogen-bond acceptors (Lipinski definition) is 4. The molecule has 1 aromatic rings. The second-order valence-electron chi connectivity index (χ2n) is 5.89. The summed E-state index contributed by atoms with van der Waals surface area (Å²) < 4.78 is 11.3. The lowest BCUT2D eigenvalue weighted by Gasteiger charge is -2.33. The van der Waals surface area contributed by atoms with Gasteiger partial charge in [0.15, 0.2) is 11.5 Å². The number of nitrogens with one attached hydrogen (secondary N) is 1. The van der Waals surface area contributed by atoms with E-state index in [2.05, 4.69) is 12.2 Å². The molecule has 1 fully saturated rings. The summed E-state index contributed by atoms with van der Waals surface area (Å²) in [6, 6.07) is 2.70. The summed E-state index contributed by atoms with van der Waals surface area (Å²) in [5, 5.41) is 3.08. The van der Waals surface area contributed by atoms with Crippen LogP contribution in [0, 0.1) is 0 Å².